The van der Waals surface area contributed by atoms with E-state index in [1.54, 1.807) is 24.3 Å². The zero-order chi connectivity index (χ0) is 18.1. The topological polar surface area (TPSA) is 62.0 Å². The van der Waals surface area contributed by atoms with Crippen molar-refractivity contribution in [2.45, 2.75) is 20.3 Å². The second-order valence-electron chi connectivity index (χ2n) is 5.75. The summed E-state index contributed by atoms with van der Waals surface area (Å²) in [4.78, 5) is 27.4. The van der Waals surface area contributed by atoms with Crippen LogP contribution in [0.4, 0.5) is 5.69 Å². The van der Waals surface area contributed by atoms with Gasteiger partial charge in [0.15, 0.2) is 0 Å². The van der Waals surface area contributed by atoms with E-state index in [4.69, 9.17) is 23.2 Å². The van der Waals surface area contributed by atoms with Gasteiger partial charge in [0, 0.05) is 21.7 Å². The molecule has 128 valence electrons. The molecular formula is C19H16Cl2N2O2. The number of halogens is 2. The first-order valence-corrected chi connectivity index (χ1v) is 8.58. The van der Waals surface area contributed by atoms with Crippen LogP contribution in [0, 0.1) is 6.92 Å². The zero-order valence-corrected chi connectivity index (χ0v) is 15.3. The maximum absolute atomic E-state index is 12.4. The van der Waals surface area contributed by atoms with Crippen molar-refractivity contribution in [2.75, 3.05) is 5.32 Å². The standard InChI is InChI=1S/C19H16Cl2N2O2/c1-3-13-10(2)14-7-5-12(9-17(14)23-18(13)24)22-19(25)15-6-4-11(20)8-16(15)21/h4-9H,3H2,1-2H3,(H,22,25)(H,23,24). The molecule has 2 N–H and O–H groups in total. The summed E-state index contributed by atoms with van der Waals surface area (Å²) < 4.78 is 0. The first-order valence-electron chi connectivity index (χ1n) is 7.82. The second-order valence-corrected chi connectivity index (χ2v) is 6.59. The Morgan fingerprint density at radius 2 is 1.92 bits per heavy atom. The predicted octanol–water partition coefficient (Wildman–Crippen LogP) is 4.96. The molecule has 0 atom stereocenters. The largest absolute Gasteiger partial charge is 0.322 e. The van der Waals surface area contributed by atoms with Crippen LogP contribution in [0.15, 0.2) is 41.2 Å². The van der Waals surface area contributed by atoms with Crippen LogP contribution in [0.25, 0.3) is 10.9 Å². The number of carbonyl (C=O) groups excluding carboxylic acids is 1. The number of aromatic nitrogens is 1. The average Bonchev–Trinajstić information content (AvgIpc) is 2.54. The fraction of sp³-hybridized carbons (Fsp3) is 0.158. The van der Waals surface area contributed by atoms with Crippen LogP contribution in [0.1, 0.15) is 28.4 Å². The predicted molar refractivity (Wildman–Crippen MR) is 103 cm³/mol. The molecule has 0 unspecified atom stereocenters. The van der Waals surface area contributed by atoms with Crippen LogP contribution in [-0.2, 0) is 6.42 Å². The molecule has 4 nitrogen and oxygen atoms in total. The molecule has 0 aliphatic carbocycles. The molecule has 0 bridgehead atoms. The van der Waals surface area contributed by atoms with Gasteiger partial charge in [-0.25, -0.2) is 0 Å². The van der Waals surface area contributed by atoms with Gasteiger partial charge in [-0.2, -0.15) is 0 Å². The summed E-state index contributed by atoms with van der Waals surface area (Å²) in [6, 6.07) is 10.1. The van der Waals surface area contributed by atoms with Crippen molar-refractivity contribution in [3.05, 3.63) is 73.5 Å². The molecule has 1 heterocycles. The van der Waals surface area contributed by atoms with E-state index < -0.39 is 0 Å². The molecule has 0 saturated heterocycles. The summed E-state index contributed by atoms with van der Waals surface area (Å²) in [6.07, 6.45) is 0.671. The lowest BCUT2D eigenvalue weighted by Gasteiger charge is -2.10. The van der Waals surface area contributed by atoms with Crippen LogP contribution in [0.5, 0.6) is 0 Å². The van der Waals surface area contributed by atoms with Gasteiger partial charge in [0.2, 0.25) is 0 Å². The number of aromatic amines is 1. The molecule has 6 heteroatoms. The van der Waals surface area contributed by atoms with Gasteiger partial charge in [-0.05, 0) is 49.2 Å². The number of hydrogen-bond donors (Lipinski definition) is 2. The minimum Gasteiger partial charge on any atom is -0.322 e. The molecule has 3 aromatic rings. The summed E-state index contributed by atoms with van der Waals surface area (Å²) in [6.45, 7) is 3.88. The quantitative estimate of drug-likeness (QED) is 0.680. The lowest BCUT2D eigenvalue weighted by Crippen LogP contribution is -2.15. The molecular weight excluding hydrogens is 359 g/mol. The van der Waals surface area contributed by atoms with E-state index in [1.165, 1.54) is 6.07 Å². The Hall–Kier alpha value is -2.30. The lowest BCUT2D eigenvalue weighted by atomic mass is 10.0. The van der Waals surface area contributed by atoms with Crippen molar-refractivity contribution in [3.63, 3.8) is 0 Å². The number of pyridine rings is 1. The van der Waals surface area contributed by atoms with E-state index in [0.717, 1.165) is 16.5 Å². The minimum atomic E-state index is -0.342. The summed E-state index contributed by atoms with van der Waals surface area (Å²) in [5.41, 5.74) is 3.22. The van der Waals surface area contributed by atoms with Gasteiger partial charge in [0.25, 0.3) is 11.5 Å². The van der Waals surface area contributed by atoms with Crippen LogP contribution < -0.4 is 10.9 Å². The lowest BCUT2D eigenvalue weighted by molar-refractivity contribution is 0.102. The van der Waals surface area contributed by atoms with E-state index in [2.05, 4.69) is 10.3 Å². The number of amides is 1. The van der Waals surface area contributed by atoms with Gasteiger partial charge in [-0.3, -0.25) is 9.59 Å². The normalized spacial score (nSPS) is 10.9. The van der Waals surface area contributed by atoms with Gasteiger partial charge >= 0.3 is 0 Å². The first-order chi connectivity index (χ1) is 11.9. The number of carbonyl (C=O) groups is 1. The van der Waals surface area contributed by atoms with Gasteiger partial charge in [0.05, 0.1) is 16.1 Å². The number of nitrogens with one attached hydrogen (secondary N) is 2. The van der Waals surface area contributed by atoms with Gasteiger partial charge in [-0.1, -0.05) is 36.2 Å². The number of rotatable bonds is 3. The van der Waals surface area contributed by atoms with Crippen molar-refractivity contribution < 1.29 is 4.79 Å². The van der Waals surface area contributed by atoms with Crippen molar-refractivity contribution >= 4 is 45.7 Å². The third kappa shape index (κ3) is 3.41. The third-order valence-corrected chi connectivity index (χ3v) is 4.73. The number of aryl methyl sites for hydroxylation is 1. The highest BCUT2D eigenvalue weighted by Gasteiger charge is 2.12. The number of benzene rings is 2. The fourth-order valence-electron chi connectivity index (χ4n) is 2.88. The summed E-state index contributed by atoms with van der Waals surface area (Å²) >= 11 is 11.9. The molecule has 0 spiro atoms. The Morgan fingerprint density at radius 3 is 2.60 bits per heavy atom. The average molecular weight is 375 g/mol. The molecule has 0 radical (unpaired) electrons. The van der Waals surface area contributed by atoms with Gasteiger partial charge < -0.3 is 10.3 Å². The van der Waals surface area contributed by atoms with Crippen LogP contribution in [0.3, 0.4) is 0 Å². The van der Waals surface area contributed by atoms with Crippen molar-refractivity contribution in [1.29, 1.82) is 0 Å². The number of H-pyrrole nitrogens is 1. The maximum atomic E-state index is 12.4. The highest BCUT2D eigenvalue weighted by molar-refractivity contribution is 6.37. The Balaban J connectivity index is 1.97. The number of hydrogen-bond acceptors (Lipinski definition) is 2. The highest BCUT2D eigenvalue weighted by Crippen LogP contribution is 2.24. The van der Waals surface area contributed by atoms with Crippen molar-refractivity contribution in [1.82, 2.24) is 4.98 Å². The maximum Gasteiger partial charge on any atom is 0.257 e. The van der Waals surface area contributed by atoms with E-state index >= 15 is 0 Å². The third-order valence-electron chi connectivity index (χ3n) is 4.19. The summed E-state index contributed by atoms with van der Waals surface area (Å²) in [7, 11) is 0. The van der Waals surface area contributed by atoms with Crippen LogP contribution in [0.2, 0.25) is 10.0 Å². The molecule has 3 rings (SSSR count). The van der Waals surface area contributed by atoms with Crippen LogP contribution in [-0.4, -0.2) is 10.9 Å². The van der Waals surface area contributed by atoms with E-state index in [0.29, 0.717) is 28.2 Å². The second kappa shape index (κ2) is 6.90. The molecule has 0 aliphatic rings. The number of anilines is 1. The first kappa shape index (κ1) is 17.5. The van der Waals surface area contributed by atoms with Crippen LogP contribution >= 0.6 is 23.2 Å². The highest BCUT2D eigenvalue weighted by atomic mass is 35.5. The van der Waals surface area contributed by atoms with Gasteiger partial charge in [0.1, 0.15) is 0 Å². The van der Waals surface area contributed by atoms with Gasteiger partial charge in [-0.15, -0.1) is 0 Å². The molecule has 1 aromatic heterocycles. The van der Waals surface area contributed by atoms with E-state index in [9.17, 15) is 9.59 Å². The Labute approximate surface area is 154 Å². The van der Waals surface area contributed by atoms with Crippen molar-refractivity contribution in [2.24, 2.45) is 0 Å². The van der Waals surface area contributed by atoms with Crippen molar-refractivity contribution in [3.8, 4) is 0 Å². The molecule has 1 amide bonds. The fourth-order valence-corrected chi connectivity index (χ4v) is 3.38. The molecule has 2 aromatic carbocycles. The SMILES string of the molecule is CCc1c(C)c2ccc(NC(=O)c3ccc(Cl)cc3Cl)cc2[nH]c1=O. The monoisotopic (exact) mass is 374 g/mol. The Bertz CT molecular complexity index is 1040. The van der Waals surface area contributed by atoms with E-state index in [-0.39, 0.29) is 16.5 Å². The summed E-state index contributed by atoms with van der Waals surface area (Å²) in [5, 5.41) is 4.49. The molecule has 0 aliphatic heterocycles. The smallest absolute Gasteiger partial charge is 0.257 e. The Morgan fingerprint density at radius 1 is 1.16 bits per heavy atom. The zero-order valence-electron chi connectivity index (χ0n) is 13.7. The Kier molecular flexibility index (Phi) is 4.84. The molecule has 0 saturated carbocycles. The van der Waals surface area contributed by atoms with E-state index in [1.807, 2.05) is 19.9 Å². The minimum absolute atomic E-state index is 0.100. The number of fused-ring (bicyclic) bond motifs is 1. The molecule has 0 fully saturated rings. The molecule has 25 heavy (non-hydrogen) atoms. The summed E-state index contributed by atoms with van der Waals surface area (Å²) in [5.74, 6) is -0.342.